The monoisotopic (exact) mass is 327 g/mol. The molecule has 1 aliphatic rings. The van der Waals surface area contributed by atoms with Gasteiger partial charge in [0.1, 0.15) is 5.75 Å². The zero-order chi connectivity index (χ0) is 16.9. The van der Waals surface area contributed by atoms with Gasteiger partial charge < -0.3 is 20.5 Å². The molecule has 0 aliphatic carbocycles. The molecule has 0 amide bonds. The van der Waals surface area contributed by atoms with Crippen LogP contribution in [0, 0.1) is 0 Å². The van der Waals surface area contributed by atoms with Crippen molar-refractivity contribution in [3.8, 4) is 5.75 Å². The van der Waals surface area contributed by atoms with Crippen molar-refractivity contribution in [3.63, 3.8) is 0 Å². The van der Waals surface area contributed by atoms with E-state index in [0.29, 0.717) is 12.2 Å². The van der Waals surface area contributed by atoms with Crippen LogP contribution in [-0.4, -0.2) is 49.8 Å². The molecule has 1 heterocycles. The maximum absolute atomic E-state index is 10.4. The molecule has 1 aliphatic heterocycles. The van der Waals surface area contributed by atoms with Crippen molar-refractivity contribution >= 4 is 11.4 Å². The van der Waals surface area contributed by atoms with Gasteiger partial charge in [-0.3, -0.25) is 4.90 Å². The smallest absolute Gasteiger partial charge is 0.142 e. The Bertz CT molecular complexity index is 669. The van der Waals surface area contributed by atoms with Crippen molar-refractivity contribution in [2.45, 2.75) is 6.10 Å². The van der Waals surface area contributed by atoms with Crippen LogP contribution in [0.15, 0.2) is 48.5 Å². The number of aliphatic hydroxyl groups excluding tert-OH is 1. The first-order valence-corrected chi connectivity index (χ1v) is 8.31. The Balaban J connectivity index is 1.57. The van der Waals surface area contributed by atoms with Gasteiger partial charge >= 0.3 is 0 Å². The number of nitrogens with two attached hydrogens (primary N) is 1. The minimum atomic E-state index is -0.508. The summed E-state index contributed by atoms with van der Waals surface area (Å²) in [6.45, 7) is 4.30. The largest absolute Gasteiger partial charge is 0.495 e. The highest BCUT2D eigenvalue weighted by molar-refractivity contribution is 5.58. The Labute approximate surface area is 143 Å². The molecular formula is C19H25N3O2. The lowest BCUT2D eigenvalue weighted by Crippen LogP contribution is -2.47. The van der Waals surface area contributed by atoms with Crippen molar-refractivity contribution < 1.29 is 9.84 Å². The van der Waals surface area contributed by atoms with Crippen LogP contribution in [0.3, 0.4) is 0 Å². The second-order valence-corrected chi connectivity index (χ2v) is 6.15. The lowest BCUT2D eigenvalue weighted by Gasteiger charge is -2.37. The third-order valence-corrected chi connectivity index (χ3v) is 4.52. The molecule has 128 valence electrons. The number of anilines is 2. The molecule has 3 N–H and O–H groups in total. The summed E-state index contributed by atoms with van der Waals surface area (Å²) in [4.78, 5) is 4.63. The van der Waals surface area contributed by atoms with Crippen LogP contribution in [0.2, 0.25) is 0 Å². The number of rotatable bonds is 5. The van der Waals surface area contributed by atoms with E-state index in [-0.39, 0.29) is 0 Å². The number of β-amino-alcohol motifs (C(OH)–C–C–N with tert-alkyl or cyclic N) is 1. The molecule has 0 saturated carbocycles. The Morgan fingerprint density at radius 2 is 1.83 bits per heavy atom. The second-order valence-electron chi connectivity index (χ2n) is 6.15. The van der Waals surface area contributed by atoms with E-state index in [1.807, 2.05) is 42.5 Å². The summed E-state index contributed by atoms with van der Waals surface area (Å²) in [6.07, 6.45) is -0.508. The van der Waals surface area contributed by atoms with Gasteiger partial charge in [0.05, 0.1) is 18.9 Å². The first-order chi connectivity index (χ1) is 11.7. The molecule has 5 heteroatoms. The fraction of sp³-hybridized carbons (Fsp3) is 0.368. The number of benzene rings is 2. The maximum Gasteiger partial charge on any atom is 0.142 e. The SMILES string of the molecule is COc1ccccc1N1CCN(CC(O)c2cccc(N)c2)CC1. The molecule has 1 atom stereocenters. The Morgan fingerprint density at radius 1 is 1.08 bits per heavy atom. The third kappa shape index (κ3) is 3.80. The summed E-state index contributed by atoms with van der Waals surface area (Å²) >= 11 is 0. The van der Waals surface area contributed by atoms with E-state index >= 15 is 0 Å². The highest BCUT2D eigenvalue weighted by Crippen LogP contribution is 2.28. The highest BCUT2D eigenvalue weighted by atomic mass is 16.5. The van der Waals surface area contributed by atoms with E-state index in [4.69, 9.17) is 10.5 Å². The highest BCUT2D eigenvalue weighted by Gasteiger charge is 2.21. The van der Waals surface area contributed by atoms with Gasteiger partial charge in [-0.1, -0.05) is 24.3 Å². The van der Waals surface area contributed by atoms with E-state index in [1.165, 1.54) is 0 Å². The van der Waals surface area contributed by atoms with Crippen molar-refractivity contribution in [1.82, 2.24) is 4.90 Å². The van der Waals surface area contributed by atoms with Crippen molar-refractivity contribution in [2.75, 3.05) is 50.5 Å². The van der Waals surface area contributed by atoms with Gasteiger partial charge in [0, 0.05) is 38.4 Å². The van der Waals surface area contributed by atoms with Crippen LogP contribution in [0.4, 0.5) is 11.4 Å². The minimum absolute atomic E-state index is 0.508. The maximum atomic E-state index is 10.4. The number of hydrogen-bond acceptors (Lipinski definition) is 5. The number of hydrogen-bond donors (Lipinski definition) is 2. The van der Waals surface area contributed by atoms with Gasteiger partial charge in [-0.05, 0) is 29.8 Å². The standard InChI is InChI=1S/C19H25N3O2/c1-24-19-8-3-2-7-17(19)22-11-9-21(10-12-22)14-18(23)15-5-4-6-16(20)13-15/h2-8,13,18,23H,9-12,14,20H2,1H3. The number of nitrogen functional groups attached to an aromatic ring is 1. The lowest BCUT2D eigenvalue weighted by atomic mass is 10.1. The lowest BCUT2D eigenvalue weighted by molar-refractivity contribution is 0.109. The fourth-order valence-electron chi connectivity index (χ4n) is 3.18. The van der Waals surface area contributed by atoms with Crippen LogP contribution in [0.25, 0.3) is 0 Å². The molecule has 5 nitrogen and oxygen atoms in total. The van der Waals surface area contributed by atoms with Gasteiger partial charge in [0.2, 0.25) is 0 Å². The van der Waals surface area contributed by atoms with Crippen LogP contribution in [0.1, 0.15) is 11.7 Å². The van der Waals surface area contributed by atoms with Crippen molar-refractivity contribution in [2.24, 2.45) is 0 Å². The number of para-hydroxylation sites is 2. The Morgan fingerprint density at radius 3 is 2.54 bits per heavy atom. The molecule has 1 unspecified atom stereocenters. The first kappa shape index (κ1) is 16.6. The molecular weight excluding hydrogens is 302 g/mol. The molecule has 0 radical (unpaired) electrons. The molecule has 1 fully saturated rings. The predicted octanol–water partition coefficient (Wildman–Crippen LogP) is 2.13. The fourth-order valence-corrected chi connectivity index (χ4v) is 3.18. The second kappa shape index (κ2) is 7.55. The Hall–Kier alpha value is -2.24. The van der Waals surface area contributed by atoms with Gasteiger partial charge in [-0.25, -0.2) is 0 Å². The molecule has 0 aromatic heterocycles. The summed E-state index contributed by atoms with van der Waals surface area (Å²) in [7, 11) is 1.71. The summed E-state index contributed by atoms with van der Waals surface area (Å²) in [5.41, 5.74) is 8.50. The van der Waals surface area contributed by atoms with E-state index in [9.17, 15) is 5.11 Å². The van der Waals surface area contributed by atoms with Gasteiger partial charge in [0.25, 0.3) is 0 Å². The average molecular weight is 327 g/mol. The van der Waals surface area contributed by atoms with Crippen LogP contribution >= 0.6 is 0 Å². The normalized spacial score (nSPS) is 16.8. The molecule has 3 rings (SSSR count). The first-order valence-electron chi connectivity index (χ1n) is 8.31. The van der Waals surface area contributed by atoms with Gasteiger partial charge in [0.15, 0.2) is 0 Å². The summed E-state index contributed by atoms with van der Waals surface area (Å²) in [6, 6.07) is 15.6. The van der Waals surface area contributed by atoms with E-state index in [0.717, 1.165) is 43.2 Å². The predicted molar refractivity (Wildman–Crippen MR) is 97.5 cm³/mol. The molecule has 24 heavy (non-hydrogen) atoms. The molecule has 0 spiro atoms. The number of nitrogens with zero attached hydrogens (tertiary/aromatic N) is 2. The summed E-state index contributed by atoms with van der Waals surface area (Å²) in [5, 5.41) is 10.4. The summed E-state index contributed by atoms with van der Waals surface area (Å²) < 4.78 is 5.45. The van der Waals surface area contributed by atoms with E-state index in [1.54, 1.807) is 7.11 Å². The number of ether oxygens (including phenoxy) is 1. The van der Waals surface area contributed by atoms with Gasteiger partial charge in [-0.15, -0.1) is 0 Å². The topological polar surface area (TPSA) is 62.0 Å². The quantitative estimate of drug-likeness (QED) is 0.824. The summed E-state index contributed by atoms with van der Waals surface area (Å²) in [5.74, 6) is 0.908. The number of methoxy groups -OCH3 is 1. The van der Waals surface area contributed by atoms with E-state index in [2.05, 4.69) is 15.9 Å². The zero-order valence-electron chi connectivity index (χ0n) is 14.1. The van der Waals surface area contributed by atoms with Crippen molar-refractivity contribution in [1.29, 1.82) is 0 Å². The molecule has 0 bridgehead atoms. The molecule has 1 saturated heterocycles. The molecule has 2 aromatic carbocycles. The number of piperazine rings is 1. The zero-order valence-corrected chi connectivity index (χ0v) is 14.1. The van der Waals surface area contributed by atoms with E-state index < -0.39 is 6.10 Å². The van der Waals surface area contributed by atoms with Crippen LogP contribution < -0.4 is 15.4 Å². The third-order valence-electron chi connectivity index (χ3n) is 4.52. The van der Waals surface area contributed by atoms with Crippen LogP contribution in [0.5, 0.6) is 5.75 Å². The van der Waals surface area contributed by atoms with Crippen LogP contribution in [-0.2, 0) is 0 Å². The van der Waals surface area contributed by atoms with Crippen molar-refractivity contribution in [3.05, 3.63) is 54.1 Å². The minimum Gasteiger partial charge on any atom is -0.495 e. The average Bonchev–Trinajstić information content (AvgIpc) is 2.62. The number of aliphatic hydroxyl groups is 1. The Kier molecular flexibility index (Phi) is 5.23. The van der Waals surface area contributed by atoms with Gasteiger partial charge in [-0.2, -0.15) is 0 Å². The molecule has 2 aromatic rings.